The van der Waals surface area contributed by atoms with Crippen LogP contribution < -0.4 is 5.32 Å². The zero-order valence-electron chi connectivity index (χ0n) is 12.9. The largest absolute Gasteiger partial charge is 0.346 e. The molecule has 1 aliphatic rings. The van der Waals surface area contributed by atoms with E-state index in [0.717, 1.165) is 10.0 Å². The SMILES string of the molecule is Cc1cccc(C2CC(c3cccc(Br)c3)Nc3nnnn32)c1F. The molecular weight excluding hydrogens is 373 g/mol. The van der Waals surface area contributed by atoms with Gasteiger partial charge < -0.3 is 5.32 Å². The number of aryl methyl sites for hydroxylation is 1. The van der Waals surface area contributed by atoms with E-state index in [0.29, 0.717) is 23.5 Å². The molecule has 2 aromatic carbocycles. The van der Waals surface area contributed by atoms with Crippen molar-refractivity contribution >= 4 is 21.9 Å². The molecule has 0 amide bonds. The van der Waals surface area contributed by atoms with Gasteiger partial charge in [-0.2, -0.15) is 0 Å². The average Bonchev–Trinajstić information content (AvgIpc) is 3.05. The van der Waals surface area contributed by atoms with E-state index in [1.807, 2.05) is 30.3 Å². The molecule has 1 aromatic heterocycles. The predicted octanol–water partition coefficient (Wildman–Crippen LogP) is 4.03. The maximum absolute atomic E-state index is 14.7. The molecule has 2 heterocycles. The lowest BCUT2D eigenvalue weighted by molar-refractivity contribution is 0.408. The normalized spacial score (nSPS) is 19.6. The van der Waals surface area contributed by atoms with Gasteiger partial charge in [0.1, 0.15) is 5.82 Å². The molecule has 0 radical (unpaired) electrons. The first-order chi connectivity index (χ1) is 11.6. The second-order valence-corrected chi connectivity index (χ2v) is 6.84. The Morgan fingerprint density at radius 2 is 2.08 bits per heavy atom. The van der Waals surface area contributed by atoms with Gasteiger partial charge in [0.05, 0.1) is 12.1 Å². The molecule has 0 fully saturated rings. The van der Waals surface area contributed by atoms with Crippen molar-refractivity contribution in [3.05, 3.63) is 69.4 Å². The van der Waals surface area contributed by atoms with Gasteiger partial charge in [0.2, 0.25) is 5.95 Å². The summed E-state index contributed by atoms with van der Waals surface area (Å²) >= 11 is 3.50. The molecule has 1 N–H and O–H groups in total. The third kappa shape index (κ3) is 2.58. The van der Waals surface area contributed by atoms with E-state index in [1.165, 1.54) is 0 Å². The molecule has 0 saturated carbocycles. The van der Waals surface area contributed by atoms with Crippen LogP contribution in [0.5, 0.6) is 0 Å². The van der Waals surface area contributed by atoms with Crippen molar-refractivity contribution in [2.75, 3.05) is 5.32 Å². The van der Waals surface area contributed by atoms with Crippen LogP contribution in [0.3, 0.4) is 0 Å². The van der Waals surface area contributed by atoms with Crippen molar-refractivity contribution in [2.45, 2.75) is 25.4 Å². The summed E-state index contributed by atoms with van der Waals surface area (Å²) in [6.45, 7) is 1.77. The Morgan fingerprint density at radius 3 is 2.92 bits per heavy atom. The summed E-state index contributed by atoms with van der Waals surface area (Å²) in [6, 6.07) is 13.3. The van der Waals surface area contributed by atoms with Gasteiger partial charge in [-0.05, 0) is 47.0 Å². The number of anilines is 1. The Labute approximate surface area is 147 Å². The van der Waals surface area contributed by atoms with Crippen molar-refractivity contribution in [1.82, 2.24) is 20.2 Å². The molecule has 2 atom stereocenters. The molecule has 0 spiro atoms. The molecule has 24 heavy (non-hydrogen) atoms. The highest BCUT2D eigenvalue weighted by Crippen LogP contribution is 2.38. The zero-order chi connectivity index (χ0) is 16.7. The Morgan fingerprint density at radius 1 is 1.25 bits per heavy atom. The second kappa shape index (κ2) is 5.98. The molecule has 122 valence electrons. The lowest BCUT2D eigenvalue weighted by Gasteiger charge is -2.31. The fraction of sp³-hybridized carbons (Fsp3) is 0.235. The summed E-state index contributed by atoms with van der Waals surface area (Å²) in [7, 11) is 0. The first-order valence-electron chi connectivity index (χ1n) is 7.68. The molecule has 3 aromatic rings. The Balaban J connectivity index is 1.78. The van der Waals surface area contributed by atoms with Crippen LogP contribution in [0, 0.1) is 12.7 Å². The molecule has 5 nitrogen and oxygen atoms in total. The van der Waals surface area contributed by atoms with Crippen molar-refractivity contribution in [1.29, 1.82) is 0 Å². The van der Waals surface area contributed by atoms with Gasteiger partial charge in [-0.25, -0.2) is 9.07 Å². The fourth-order valence-corrected chi connectivity index (χ4v) is 3.58. The number of nitrogens with one attached hydrogen (secondary N) is 1. The van der Waals surface area contributed by atoms with Crippen molar-refractivity contribution < 1.29 is 4.39 Å². The highest BCUT2D eigenvalue weighted by atomic mass is 79.9. The summed E-state index contributed by atoms with van der Waals surface area (Å²) in [5.74, 6) is 0.357. The molecular formula is C17H15BrFN5. The van der Waals surface area contributed by atoms with Crippen molar-refractivity contribution in [2.24, 2.45) is 0 Å². The number of nitrogens with zero attached hydrogens (tertiary/aromatic N) is 4. The minimum atomic E-state index is -0.250. The monoisotopic (exact) mass is 387 g/mol. The fourth-order valence-electron chi connectivity index (χ4n) is 3.17. The average molecular weight is 388 g/mol. The number of rotatable bonds is 2. The zero-order valence-corrected chi connectivity index (χ0v) is 14.5. The second-order valence-electron chi connectivity index (χ2n) is 5.93. The number of aromatic nitrogens is 4. The minimum absolute atomic E-state index is 0.00547. The number of hydrogen-bond donors (Lipinski definition) is 1. The third-order valence-corrected chi connectivity index (χ3v) is 4.88. The van der Waals surface area contributed by atoms with Crippen LogP contribution in [0.2, 0.25) is 0 Å². The highest BCUT2D eigenvalue weighted by molar-refractivity contribution is 9.10. The third-order valence-electron chi connectivity index (χ3n) is 4.38. The summed E-state index contributed by atoms with van der Waals surface area (Å²) in [5.41, 5.74) is 2.35. The highest BCUT2D eigenvalue weighted by Gasteiger charge is 2.32. The standard InChI is InChI=1S/C17H15BrFN5/c1-10-4-2-7-13(16(10)19)15-9-14(11-5-3-6-12(18)8-11)20-17-21-22-23-24(15)17/h2-8,14-15H,9H2,1H3,(H,20,21,23). The van der Waals surface area contributed by atoms with E-state index < -0.39 is 0 Å². The number of benzene rings is 2. The van der Waals surface area contributed by atoms with Gasteiger partial charge >= 0.3 is 0 Å². The van der Waals surface area contributed by atoms with Gasteiger partial charge in [0, 0.05) is 10.0 Å². The van der Waals surface area contributed by atoms with Crippen LogP contribution in [0.25, 0.3) is 0 Å². The Kier molecular flexibility index (Phi) is 3.80. The summed E-state index contributed by atoms with van der Waals surface area (Å²) in [4.78, 5) is 0. The van der Waals surface area contributed by atoms with Crippen molar-refractivity contribution in [3.63, 3.8) is 0 Å². The topological polar surface area (TPSA) is 55.6 Å². The number of tetrazole rings is 1. The number of halogens is 2. The van der Waals surface area contributed by atoms with Gasteiger partial charge in [0.25, 0.3) is 0 Å². The van der Waals surface area contributed by atoms with Crippen molar-refractivity contribution in [3.8, 4) is 0 Å². The molecule has 0 saturated heterocycles. The summed E-state index contributed by atoms with van der Waals surface area (Å²) < 4.78 is 17.3. The van der Waals surface area contributed by atoms with E-state index >= 15 is 0 Å². The van der Waals surface area contributed by atoms with Crippen LogP contribution in [-0.4, -0.2) is 20.2 Å². The van der Waals surface area contributed by atoms with E-state index in [4.69, 9.17) is 0 Å². The molecule has 2 unspecified atom stereocenters. The van der Waals surface area contributed by atoms with Crippen LogP contribution in [-0.2, 0) is 0 Å². The van der Waals surface area contributed by atoms with E-state index in [2.05, 4.69) is 42.8 Å². The van der Waals surface area contributed by atoms with E-state index in [1.54, 1.807) is 17.7 Å². The smallest absolute Gasteiger partial charge is 0.243 e. The van der Waals surface area contributed by atoms with Gasteiger partial charge in [-0.1, -0.05) is 51.4 Å². The first kappa shape index (κ1) is 15.3. The quantitative estimate of drug-likeness (QED) is 0.720. The molecule has 7 heteroatoms. The lowest BCUT2D eigenvalue weighted by Crippen LogP contribution is -2.28. The molecule has 0 aliphatic carbocycles. The maximum Gasteiger partial charge on any atom is 0.243 e. The first-order valence-corrected chi connectivity index (χ1v) is 8.47. The van der Waals surface area contributed by atoms with Gasteiger partial charge in [-0.15, -0.1) is 0 Å². The lowest BCUT2D eigenvalue weighted by atomic mass is 9.92. The van der Waals surface area contributed by atoms with Gasteiger partial charge in [0.15, 0.2) is 0 Å². The predicted molar refractivity (Wildman–Crippen MR) is 92.2 cm³/mol. The number of fused-ring (bicyclic) bond motifs is 1. The van der Waals surface area contributed by atoms with E-state index in [-0.39, 0.29) is 17.9 Å². The molecule has 4 rings (SSSR count). The van der Waals surface area contributed by atoms with Gasteiger partial charge in [-0.3, -0.25) is 0 Å². The van der Waals surface area contributed by atoms with Crippen LogP contribution in [0.1, 0.15) is 35.2 Å². The maximum atomic E-state index is 14.7. The van der Waals surface area contributed by atoms with Crippen LogP contribution in [0.15, 0.2) is 46.9 Å². The summed E-state index contributed by atoms with van der Waals surface area (Å²) in [5, 5.41) is 15.2. The molecule has 0 bridgehead atoms. The number of hydrogen-bond acceptors (Lipinski definition) is 4. The summed E-state index contributed by atoms with van der Waals surface area (Å²) in [6.07, 6.45) is 0.662. The molecule has 1 aliphatic heterocycles. The Hall–Kier alpha value is -2.28. The van der Waals surface area contributed by atoms with Crippen LogP contribution in [0.4, 0.5) is 10.3 Å². The van der Waals surface area contributed by atoms with Crippen LogP contribution >= 0.6 is 15.9 Å². The van der Waals surface area contributed by atoms with E-state index in [9.17, 15) is 4.39 Å². The minimum Gasteiger partial charge on any atom is -0.346 e. The Bertz CT molecular complexity index is 894.